The van der Waals surface area contributed by atoms with Gasteiger partial charge in [-0.15, -0.1) is 0 Å². The molecule has 2 aromatic heterocycles. The summed E-state index contributed by atoms with van der Waals surface area (Å²) in [6.07, 6.45) is 6.73. The number of aryl methyl sites for hydroxylation is 2. The van der Waals surface area contributed by atoms with Crippen LogP contribution in [0.15, 0.2) is 12.5 Å². The van der Waals surface area contributed by atoms with Gasteiger partial charge in [0.1, 0.15) is 5.69 Å². The number of fused-ring (bicyclic) bond motifs is 1. The molecular weight excluding hydrogens is 238 g/mol. The molecule has 3 heterocycles. The van der Waals surface area contributed by atoms with Gasteiger partial charge in [0.15, 0.2) is 5.82 Å². The predicted octanol–water partition coefficient (Wildman–Crippen LogP) is 1.48. The lowest BCUT2D eigenvalue weighted by Crippen LogP contribution is -2.27. The maximum absolute atomic E-state index is 4.77. The Kier molecular flexibility index (Phi) is 3.29. The molecule has 2 aromatic rings. The zero-order valence-electron chi connectivity index (χ0n) is 11.5. The maximum Gasteiger partial charge on any atom is 0.178 e. The van der Waals surface area contributed by atoms with Gasteiger partial charge >= 0.3 is 0 Å². The highest BCUT2D eigenvalue weighted by Gasteiger charge is 2.18. The van der Waals surface area contributed by atoms with Crippen LogP contribution in [0, 0.1) is 0 Å². The Balaban J connectivity index is 2.11. The van der Waals surface area contributed by atoms with E-state index in [2.05, 4.69) is 17.2 Å². The molecule has 0 aliphatic carbocycles. The van der Waals surface area contributed by atoms with E-state index in [1.54, 1.807) is 6.33 Å². The summed E-state index contributed by atoms with van der Waals surface area (Å²) in [6, 6.07) is 0. The molecule has 1 N–H and O–H groups in total. The van der Waals surface area contributed by atoms with Crippen molar-refractivity contribution < 1.29 is 0 Å². The van der Waals surface area contributed by atoms with Crippen LogP contribution in [0.5, 0.6) is 0 Å². The first-order chi connectivity index (χ1) is 9.29. The van der Waals surface area contributed by atoms with Gasteiger partial charge in [-0.2, -0.15) is 0 Å². The Morgan fingerprint density at radius 1 is 1.37 bits per heavy atom. The second-order valence-corrected chi connectivity index (χ2v) is 4.99. The summed E-state index contributed by atoms with van der Waals surface area (Å²) in [6.45, 7) is 4.09. The Labute approximate surface area is 113 Å². The van der Waals surface area contributed by atoms with Crippen molar-refractivity contribution in [3.8, 4) is 11.5 Å². The summed E-state index contributed by atoms with van der Waals surface area (Å²) < 4.78 is 1.97. The number of aromatic nitrogens is 4. The number of imidazole rings is 1. The number of nitrogens with one attached hydrogen (secondary N) is 1. The van der Waals surface area contributed by atoms with Crippen molar-refractivity contribution in [3.63, 3.8) is 0 Å². The zero-order valence-corrected chi connectivity index (χ0v) is 11.5. The van der Waals surface area contributed by atoms with Gasteiger partial charge in [-0.1, -0.05) is 13.3 Å². The smallest absolute Gasteiger partial charge is 0.178 e. The first kappa shape index (κ1) is 12.3. The Morgan fingerprint density at radius 3 is 3.00 bits per heavy atom. The normalized spacial score (nSPS) is 14.4. The van der Waals surface area contributed by atoms with Crippen LogP contribution in [0.1, 0.15) is 30.3 Å². The highest BCUT2D eigenvalue weighted by molar-refractivity contribution is 5.50. The van der Waals surface area contributed by atoms with Crippen LogP contribution in [-0.4, -0.2) is 26.1 Å². The van der Waals surface area contributed by atoms with Crippen molar-refractivity contribution in [2.45, 2.75) is 32.7 Å². The van der Waals surface area contributed by atoms with Gasteiger partial charge in [-0.05, 0) is 6.42 Å². The molecule has 100 valence electrons. The van der Waals surface area contributed by atoms with Crippen molar-refractivity contribution in [1.29, 1.82) is 0 Å². The largest absolute Gasteiger partial charge is 0.331 e. The summed E-state index contributed by atoms with van der Waals surface area (Å²) in [5.74, 6) is 0.809. The van der Waals surface area contributed by atoms with Gasteiger partial charge in [0.25, 0.3) is 0 Å². The second-order valence-electron chi connectivity index (χ2n) is 4.99. The average molecular weight is 257 g/mol. The third-order valence-corrected chi connectivity index (χ3v) is 3.55. The summed E-state index contributed by atoms with van der Waals surface area (Å²) in [5.41, 5.74) is 4.68. The molecule has 0 saturated heterocycles. The minimum Gasteiger partial charge on any atom is -0.331 e. The predicted molar refractivity (Wildman–Crippen MR) is 73.6 cm³/mol. The molecule has 0 bridgehead atoms. The minimum absolute atomic E-state index is 0.809. The fraction of sp³-hybridized carbons (Fsp3) is 0.500. The highest BCUT2D eigenvalue weighted by Crippen LogP contribution is 2.22. The van der Waals surface area contributed by atoms with E-state index in [1.165, 1.54) is 17.0 Å². The molecule has 0 unspecified atom stereocenters. The Morgan fingerprint density at radius 2 is 2.26 bits per heavy atom. The monoisotopic (exact) mass is 257 g/mol. The van der Waals surface area contributed by atoms with Crippen LogP contribution in [0.4, 0.5) is 0 Å². The van der Waals surface area contributed by atoms with Gasteiger partial charge < -0.3 is 9.88 Å². The maximum atomic E-state index is 4.77. The topological polar surface area (TPSA) is 55.6 Å². The molecule has 0 saturated carbocycles. The lowest BCUT2D eigenvalue weighted by atomic mass is 10.0. The van der Waals surface area contributed by atoms with Gasteiger partial charge in [-0.25, -0.2) is 15.0 Å². The number of rotatable bonds is 3. The van der Waals surface area contributed by atoms with Crippen LogP contribution >= 0.6 is 0 Å². The van der Waals surface area contributed by atoms with Gasteiger partial charge in [0, 0.05) is 37.8 Å². The van der Waals surface area contributed by atoms with E-state index in [-0.39, 0.29) is 0 Å². The van der Waals surface area contributed by atoms with Gasteiger partial charge in [-0.3, -0.25) is 0 Å². The third-order valence-electron chi connectivity index (χ3n) is 3.55. The lowest BCUT2D eigenvalue weighted by molar-refractivity contribution is 0.615. The van der Waals surface area contributed by atoms with Crippen molar-refractivity contribution in [1.82, 2.24) is 24.8 Å². The van der Waals surface area contributed by atoms with E-state index in [4.69, 9.17) is 9.97 Å². The zero-order chi connectivity index (χ0) is 13.2. The minimum atomic E-state index is 0.809. The molecule has 0 spiro atoms. The van der Waals surface area contributed by atoms with Crippen LogP contribution in [-0.2, 0) is 26.4 Å². The van der Waals surface area contributed by atoms with Crippen LogP contribution < -0.4 is 5.32 Å². The molecule has 0 amide bonds. The number of nitrogens with zero attached hydrogens (tertiary/aromatic N) is 4. The van der Waals surface area contributed by atoms with E-state index in [0.29, 0.717) is 0 Å². The molecule has 0 fully saturated rings. The second kappa shape index (κ2) is 5.09. The van der Waals surface area contributed by atoms with Gasteiger partial charge in [0.05, 0.1) is 18.2 Å². The molecule has 5 heteroatoms. The number of hydrogen-bond acceptors (Lipinski definition) is 4. The van der Waals surface area contributed by atoms with Crippen molar-refractivity contribution in [3.05, 3.63) is 29.5 Å². The average Bonchev–Trinajstić information content (AvgIpc) is 2.85. The third kappa shape index (κ3) is 2.26. The first-order valence-corrected chi connectivity index (χ1v) is 6.85. The molecule has 19 heavy (non-hydrogen) atoms. The SMILES string of the molecule is CCCc1nc(-c2cncn2C)nc2c1CNCC2. The quantitative estimate of drug-likeness (QED) is 0.905. The fourth-order valence-electron chi connectivity index (χ4n) is 2.54. The molecule has 3 rings (SSSR count). The summed E-state index contributed by atoms with van der Waals surface area (Å²) >= 11 is 0. The van der Waals surface area contributed by atoms with E-state index in [9.17, 15) is 0 Å². The van der Waals surface area contributed by atoms with Crippen LogP contribution in [0.3, 0.4) is 0 Å². The fourth-order valence-corrected chi connectivity index (χ4v) is 2.54. The molecule has 0 atom stereocenters. The van der Waals surface area contributed by atoms with Gasteiger partial charge in [0.2, 0.25) is 0 Å². The number of hydrogen-bond donors (Lipinski definition) is 1. The van der Waals surface area contributed by atoms with E-state index in [1.807, 2.05) is 17.8 Å². The van der Waals surface area contributed by atoms with Crippen molar-refractivity contribution in [2.75, 3.05) is 6.54 Å². The highest BCUT2D eigenvalue weighted by atomic mass is 15.1. The standard InChI is InChI=1S/C14H19N5/c1-3-4-11-10-7-15-6-5-12(10)18-14(17-11)13-8-16-9-19(13)2/h8-9,15H,3-7H2,1-2H3. The first-order valence-electron chi connectivity index (χ1n) is 6.85. The lowest BCUT2D eigenvalue weighted by Gasteiger charge is -2.20. The van der Waals surface area contributed by atoms with Crippen LogP contribution in [0.2, 0.25) is 0 Å². The van der Waals surface area contributed by atoms with E-state index in [0.717, 1.165) is 43.9 Å². The molecule has 0 aromatic carbocycles. The summed E-state index contributed by atoms with van der Waals surface area (Å²) in [4.78, 5) is 13.7. The van der Waals surface area contributed by atoms with Crippen LogP contribution in [0.25, 0.3) is 11.5 Å². The Bertz CT molecular complexity index is 588. The Hall–Kier alpha value is -1.75. The van der Waals surface area contributed by atoms with Crippen molar-refractivity contribution in [2.24, 2.45) is 7.05 Å². The van der Waals surface area contributed by atoms with Crippen molar-refractivity contribution >= 4 is 0 Å². The summed E-state index contributed by atoms with van der Waals surface area (Å²) in [7, 11) is 1.98. The molecular formula is C14H19N5. The summed E-state index contributed by atoms with van der Waals surface area (Å²) in [5, 5.41) is 3.41. The molecule has 0 radical (unpaired) electrons. The molecule has 5 nitrogen and oxygen atoms in total. The molecule has 1 aliphatic heterocycles. The van der Waals surface area contributed by atoms with E-state index < -0.39 is 0 Å². The molecule has 1 aliphatic rings. The van der Waals surface area contributed by atoms with E-state index >= 15 is 0 Å².